The van der Waals surface area contributed by atoms with Crippen molar-refractivity contribution >= 4 is 6.21 Å². The smallest absolute Gasteiger partial charge is 0.0366 e. The third-order valence-electron chi connectivity index (χ3n) is 1.56. The summed E-state index contributed by atoms with van der Waals surface area (Å²) in [6.07, 6.45) is 9.23. The molecule has 0 aromatic carbocycles. The fraction of sp³-hybridized carbons (Fsp3) is 0.444. The molecule has 54 valence electrons. The zero-order valence-electron chi connectivity index (χ0n) is 6.54. The molecule has 0 saturated carbocycles. The van der Waals surface area contributed by atoms with Gasteiger partial charge in [-0.3, -0.25) is 4.99 Å². The molecule has 1 aliphatic heterocycles. The maximum atomic E-state index is 4.24. The molecule has 1 heterocycles. The summed E-state index contributed by atoms with van der Waals surface area (Å²) in [6, 6.07) is 0. The van der Waals surface area contributed by atoms with E-state index in [4.69, 9.17) is 0 Å². The van der Waals surface area contributed by atoms with Crippen molar-refractivity contribution in [1.82, 2.24) is 0 Å². The predicted octanol–water partition coefficient (Wildman–Crippen LogP) is 2.56. The average molecular weight is 135 g/mol. The van der Waals surface area contributed by atoms with Crippen LogP contribution in [0.3, 0.4) is 0 Å². The van der Waals surface area contributed by atoms with Gasteiger partial charge in [-0.15, -0.1) is 0 Å². The van der Waals surface area contributed by atoms with Gasteiger partial charge in [0.2, 0.25) is 0 Å². The van der Waals surface area contributed by atoms with Crippen LogP contribution in [-0.4, -0.2) is 6.21 Å². The summed E-state index contributed by atoms with van der Waals surface area (Å²) in [4.78, 5) is 4.24. The van der Waals surface area contributed by atoms with E-state index >= 15 is 0 Å². The summed E-state index contributed by atoms with van der Waals surface area (Å²) in [5.41, 5.74) is 1.19. The van der Waals surface area contributed by atoms with Crippen LogP contribution in [0.2, 0.25) is 0 Å². The standard InChI is InChI=1S/C9H13N/c1-3-9-7-8(2)5-4-6-10-9/h4-8H,3H2,1-2H3. The SMILES string of the molecule is CCC1=CC(C)C=CC=N1. The third kappa shape index (κ3) is 1.83. The van der Waals surface area contributed by atoms with Crippen molar-refractivity contribution in [1.29, 1.82) is 0 Å². The van der Waals surface area contributed by atoms with Gasteiger partial charge in [-0.25, -0.2) is 0 Å². The molecule has 0 bridgehead atoms. The van der Waals surface area contributed by atoms with Gasteiger partial charge >= 0.3 is 0 Å². The molecule has 0 aliphatic carbocycles. The number of rotatable bonds is 1. The van der Waals surface area contributed by atoms with E-state index in [1.165, 1.54) is 5.70 Å². The quantitative estimate of drug-likeness (QED) is 0.524. The van der Waals surface area contributed by atoms with Crippen LogP contribution in [0.4, 0.5) is 0 Å². The van der Waals surface area contributed by atoms with Gasteiger partial charge in [0.25, 0.3) is 0 Å². The highest BCUT2D eigenvalue weighted by molar-refractivity contribution is 5.72. The lowest BCUT2D eigenvalue weighted by Crippen LogP contribution is -1.82. The molecule has 0 spiro atoms. The van der Waals surface area contributed by atoms with Gasteiger partial charge in [0.05, 0.1) is 0 Å². The molecule has 0 N–H and O–H groups in total. The second-order valence-electron chi connectivity index (χ2n) is 2.53. The van der Waals surface area contributed by atoms with E-state index < -0.39 is 0 Å². The molecule has 1 rings (SSSR count). The van der Waals surface area contributed by atoms with Gasteiger partial charge in [-0.2, -0.15) is 0 Å². The molecule has 10 heavy (non-hydrogen) atoms. The number of allylic oxidation sites excluding steroid dienone is 4. The summed E-state index contributed by atoms with van der Waals surface area (Å²) < 4.78 is 0. The second kappa shape index (κ2) is 3.35. The van der Waals surface area contributed by atoms with Crippen molar-refractivity contribution in [3.63, 3.8) is 0 Å². The first-order valence-electron chi connectivity index (χ1n) is 3.74. The van der Waals surface area contributed by atoms with Crippen molar-refractivity contribution in [3.05, 3.63) is 23.9 Å². The van der Waals surface area contributed by atoms with Crippen molar-refractivity contribution in [3.8, 4) is 0 Å². The summed E-state index contributed by atoms with van der Waals surface area (Å²) in [5.74, 6) is 0.539. The largest absolute Gasteiger partial charge is 0.262 e. The van der Waals surface area contributed by atoms with Crippen molar-refractivity contribution < 1.29 is 0 Å². The van der Waals surface area contributed by atoms with Crippen LogP contribution in [0.25, 0.3) is 0 Å². The molecule has 0 fully saturated rings. The fourth-order valence-electron chi connectivity index (χ4n) is 0.975. The Balaban J connectivity index is 2.74. The van der Waals surface area contributed by atoms with Crippen molar-refractivity contribution in [2.75, 3.05) is 0 Å². The Bertz CT molecular complexity index is 187. The average Bonchev–Trinajstić information content (AvgIpc) is 2.13. The highest BCUT2D eigenvalue weighted by atomic mass is 14.7. The minimum absolute atomic E-state index is 0.539. The maximum absolute atomic E-state index is 4.24. The lowest BCUT2D eigenvalue weighted by molar-refractivity contribution is 0.907. The Kier molecular flexibility index (Phi) is 2.43. The lowest BCUT2D eigenvalue weighted by Gasteiger charge is -1.97. The van der Waals surface area contributed by atoms with Gasteiger partial charge in [0, 0.05) is 11.9 Å². The molecule has 1 nitrogen and oxygen atoms in total. The first kappa shape index (κ1) is 7.26. The monoisotopic (exact) mass is 135 g/mol. The Morgan fingerprint density at radius 1 is 1.60 bits per heavy atom. The molecule has 0 saturated heterocycles. The van der Waals surface area contributed by atoms with Crippen LogP contribution in [0, 0.1) is 5.92 Å². The zero-order valence-corrected chi connectivity index (χ0v) is 6.54. The van der Waals surface area contributed by atoms with Crippen LogP contribution < -0.4 is 0 Å². The molecule has 0 aromatic heterocycles. The molecule has 1 heteroatoms. The summed E-state index contributed by atoms with van der Waals surface area (Å²) in [7, 11) is 0. The minimum atomic E-state index is 0.539. The predicted molar refractivity (Wildman–Crippen MR) is 45.2 cm³/mol. The maximum Gasteiger partial charge on any atom is 0.0366 e. The number of nitrogens with zero attached hydrogens (tertiary/aromatic N) is 1. The van der Waals surface area contributed by atoms with Gasteiger partial charge in [0.1, 0.15) is 0 Å². The first-order valence-corrected chi connectivity index (χ1v) is 3.74. The number of aliphatic imine (C=N–C) groups is 1. The Hall–Kier alpha value is -0.850. The van der Waals surface area contributed by atoms with Crippen LogP contribution in [0.5, 0.6) is 0 Å². The van der Waals surface area contributed by atoms with Crippen LogP contribution >= 0.6 is 0 Å². The number of hydrogen-bond acceptors (Lipinski definition) is 1. The molecular formula is C9H13N. The molecule has 1 unspecified atom stereocenters. The van der Waals surface area contributed by atoms with Crippen molar-refractivity contribution in [2.45, 2.75) is 20.3 Å². The summed E-state index contributed by atoms with van der Waals surface area (Å²) in [5, 5.41) is 0. The summed E-state index contributed by atoms with van der Waals surface area (Å²) >= 11 is 0. The first-order chi connectivity index (χ1) is 4.83. The second-order valence-corrected chi connectivity index (χ2v) is 2.53. The topological polar surface area (TPSA) is 12.4 Å². The highest BCUT2D eigenvalue weighted by Crippen LogP contribution is 2.11. The summed E-state index contributed by atoms with van der Waals surface area (Å²) in [6.45, 7) is 4.29. The van der Waals surface area contributed by atoms with Crippen LogP contribution in [0.15, 0.2) is 28.9 Å². The van der Waals surface area contributed by atoms with Gasteiger partial charge < -0.3 is 0 Å². The van der Waals surface area contributed by atoms with Gasteiger partial charge in [-0.1, -0.05) is 26.0 Å². The molecule has 0 amide bonds. The van der Waals surface area contributed by atoms with E-state index in [0.29, 0.717) is 5.92 Å². The van der Waals surface area contributed by atoms with E-state index in [-0.39, 0.29) is 0 Å². The zero-order chi connectivity index (χ0) is 7.40. The van der Waals surface area contributed by atoms with Gasteiger partial charge in [-0.05, 0) is 18.4 Å². The minimum Gasteiger partial charge on any atom is -0.262 e. The van der Waals surface area contributed by atoms with E-state index in [1.54, 1.807) is 0 Å². The van der Waals surface area contributed by atoms with E-state index in [9.17, 15) is 0 Å². The van der Waals surface area contributed by atoms with Crippen LogP contribution in [0.1, 0.15) is 20.3 Å². The molecule has 0 radical (unpaired) electrons. The third-order valence-corrected chi connectivity index (χ3v) is 1.56. The Morgan fingerprint density at radius 2 is 2.40 bits per heavy atom. The van der Waals surface area contributed by atoms with Crippen molar-refractivity contribution in [2.24, 2.45) is 10.9 Å². The van der Waals surface area contributed by atoms with E-state index in [0.717, 1.165) is 6.42 Å². The Labute approximate surface area is 62.2 Å². The Morgan fingerprint density at radius 3 is 3.10 bits per heavy atom. The normalized spacial score (nSPS) is 24.2. The molecule has 1 atom stereocenters. The molecular weight excluding hydrogens is 122 g/mol. The number of hydrogen-bond donors (Lipinski definition) is 0. The fourth-order valence-corrected chi connectivity index (χ4v) is 0.975. The van der Waals surface area contributed by atoms with Gasteiger partial charge in [0.15, 0.2) is 0 Å². The lowest BCUT2D eigenvalue weighted by atomic mass is 10.1. The molecule has 0 aromatic rings. The highest BCUT2D eigenvalue weighted by Gasteiger charge is 1.96. The van der Waals surface area contributed by atoms with E-state index in [2.05, 4.69) is 31.0 Å². The molecule has 1 aliphatic rings. The van der Waals surface area contributed by atoms with E-state index in [1.807, 2.05) is 12.3 Å². The van der Waals surface area contributed by atoms with Crippen LogP contribution in [-0.2, 0) is 0 Å².